The lowest BCUT2D eigenvalue weighted by atomic mass is 9.95. The van der Waals surface area contributed by atoms with Crippen LogP contribution in [0.2, 0.25) is 0 Å². The van der Waals surface area contributed by atoms with Crippen molar-refractivity contribution in [1.82, 2.24) is 5.16 Å². The average Bonchev–Trinajstić information content (AvgIpc) is 3.33. The first-order valence-corrected chi connectivity index (χ1v) is 9.58. The van der Waals surface area contributed by atoms with Crippen molar-refractivity contribution in [2.75, 3.05) is 19.1 Å². The molecule has 32 heavy (non-hydrogen) atoms. The molecule has 0 aliphatic carbocycles. The molecule has 1 aliphatic heterocycles. The van der Waals surface area contributed by atoms with Crippen LogP contribution >= 0.6 is 0 Å². The Morgan fingerprint density at radius 3 is 2.44 bits per heavy atom. The average molecular weight is 438 g/mol. The number of Topliss-reactive ketones (excluding diaryl/α,β-unsaturated/α-hetero) is 1. The summed E-state index contributed by atoms with van der Waals surface area (Å²) in [7, 11) is 2.88. The Balaban J connectivity index is 1.96. The molecule has 1 fully saturated rings. The van der Waals surface area contributed by atoms with E-state index in [1.807, 2.05) is 0 Å². The van der Waals surface area contributed by atoms with Crippen molar-refractivity contribution in [2.24, 2.45) is 0 Å². The second kappa shape index (κ2) is 8.18. The van der Waals surface area contributed by atoms with Crippen LogP contribution in [-0.4, -0.2) is 36.2 Å². The van der Waals surface area contributed by atoms with E-state index in [2.05, 4.69) is 5.16 Å². The van der Waals surface area contributed by atoms with Gasteiger partial charge in [0.1, 0.15) is 17.3 Å². The smallest absolute Gasteiger partial charge is 0.301 e. The molecule has 4 rings (SSSR count). The molecule has 1 amide bonds. The summed E-state index contributed by atoms with van der Waals surface area (Å²) >= 11 is 0. The van der Waals surface area contributed by atoms with Crippen molar-refractivity contribution in [1.29, 1.82) is 0 Å². The maximum Gasteiger partial charge on any atom is 0.301 e. The molecule has 164 valence electrons. The van der Waals surface area contributed by atoms with E-state index >= 15 is 0 Å². The van der Waals surface area contributed by atoms with Crippen molar-refractivity contribution in [3.63, 3.8) is 0 Å². The molecule has 1 aromatic heterocycles. The monoisotopic (exact) mass is 438 g/mol. The third kappa shape index (κ3) is 3.37. The fourth-order valence-electron chi connectivity index (χ4n) is 3.67. The Morgan fingerprint density at radius 1 is 1.09 bits per heavy atom. The molecule has 0 unspecified atom stereocenters. The third-order valence-electron chi connectivity index (χ3n) is 5.16. The van der Waals surface area contributed by atoms with Crippen LogP contribution in [0, 0.1) is 12.7 Å². The molecule has 2 heterocycles. The van der Waals surface area contributed by atoms with Gasteiger partial charge in [-0.2, -0.15) is 0 Å². The number of aliphatic hydroxyl groups is 1. The number of hydrogen-bond donors (Lipinski definition) is 1. The van der Waals surface area contributed by atoms with Gasteiger partial charge in [0, 0.05) is 17.2 Å². The summed E-state index contributed by atoms with van der Waals surface area (Å²) in [6, 6.07) is 10.4. The minimum absolute atomic E-state index is 0.0226. The number of aryl methyl sites for hydroxylation is 1. The van der Waals surface area contributed by atoms with Crippen LogP contribution < -0.4 is 14.4 Å². The van der Waals surface area contributed by atoms with Crippen molar-refractivity contribution < 1.29 is 33.1 Å². The summed E-state index contributed by atoms with van der Waals surface area (Å²) in [5, 5.41) is 14.9. The van der Waals surface area contributed by atoms with Gasteiger partial charge in [-0.05, 0) is 31.2 Å². The van der Waals surface area contributed by atoms with Gasteiger partial charge in [-0.25, -0.2) is 4.39 Å². The Morgan fingerprint density at radius 2 is 1.81 bits per heavy atom. The van der Waals surface area contributed by atoms with Gasteiger partial charge in [0.25, 0.3) is 5.78 Å². The summed E-state index contributed by atoms with van der Waals surface area (Å²) < 4.78 is 30.3. The molecular weight excluding hydrogens is 419 g/mol. The zero-order chi connectivity index (χ0) is 23.0. The van der Waals surface area contributed by atoms with E-state index < -0.39 is 29.3 Å². The number of hydrogen-bond acceptors (Lipinski definition) is 7. The number of aromatic nitrogens is 1. The second-order valence-electron chi connectivity index (χ2n) is 7.06. The predicted molar refractivity (Wildman–Crippen MR) is 112 cm³/mol. The number of anilines is 1. The highest BCUT2D eigenvalue weighted by atomic mass is 19.1. The minimum atomic E-state index is -1.26. The Labute approximate surface area is 182 Å². The first kappa shape index (κ1) is 21.1. The van der Waals surface area contributed by atoms with Crippen molar-refractivity contribution in [3.05, 3.63) is 76.8 Å². The summed E-state index contributed by atoms with van der Waals surface area (Å²) in [6.45, 7) is 1.62. The molecule has 1 aliphatic rings. The van der Waals surface area contributed by atoms with E-state index in [1.165, 1.54) is 50.6 Å². The number of carbonyl (C=O) groups is 2. The van der Waals surface area contributed by atoms with Crippen LogP contribution in [0.15, 0.2) is 58.6 Å². The van der Waals surface area contributed by atoms with E-state index in [0.717, 1.165) is 4.90 Å². The largest absolute Gasteiger partial charge is 0.507 e. The molecule has 3 aromatic rings. The van der Waals surface area contributed by atoms with Crippen molar-refractivity contribution in [2.45, 2.75) is 13.0 Å². The van der Waals surface area contributed by atoms with Crippen LogP contribution in [0.4, 0.5) is 10.2 Å². The number of carbonyl (C=O) groups excluding carboxylic acids is 2. The normalized spacial score (nSPS) is 17.6. The van der Waals surface area contributed by atoms with Gasteiger partial charge in [-0.3, -0.25) is 14.5 Å². The number of ketones is 1. The van der Waals surface area contributed by atoms with E-state index in [1.54, 1.807) is 19.1 Å². The molecule has 9 heteroatoms. The molecule has 1 saturated heterocycles. The first-order chi connectivity index (χ1) is 15.4. The van der Waals surface area contributed by atoms with Gasteiger partial charge >= 0.3 is 5.91 Å². The number of benzene rings is 2. The maximum absolute atomic E-state index is 14.8. The minimum Gasteiger partial charge on any atom is -0.507 e. The highest BCUT2D eigenvalue weighted by Crippen LogP contribution is 2.43. The lowest BCUT2D eigenvalue weighted by molar-refractivity contribution is -0.132. The summed E-state index contributed by atoms with van der Waals surface area (Å²) in [6.07, 6.45) is 0. The van der Waals surface area contributed by atoms with Gasteiger partial charge < -0.3 is 19.1 Å². The van der Waals surface area contributed by atoms with Gasteiger partial charge in [0.05, 0.1) is 25.8 Å². The van der Waals surface area contributed by atoms with Crippen molar-refractivity contribution >= 4 is 23.3 Å². The SMILES string of the molecule is COc1ccc(/C(O)=C2\C(=O)C(=O)N(c3cc(C)on3)[C@H]2c2ccccc2F)cc1OC. The molecule has 0 radical (unpaired) electrons. The first-order valence-electron chi connectivity index (χ1n) is 9.58. The third-order valence-corrected chi connectivity index (χ3v) is 5.16. The maximum atomic E-state index is 14.8. The topological polar surface area (TPSA) is 102 Å². The molecular formula is C23H19FN2O6. The lowest BCUT2D eigenvalue weighted by Crippen LogP contribution is -2.30. The fourth-order valence-corrected chi connectivity index (χ4v) is 3.67. The van der Waals surface area contributed by atoms with E-state index in [0.29, 0.717) is 17.3 Å². The van der Waals surface area contributed by atoms with Gasteiger partial charge in [-0.1, -0.05) is 23.4 Å². The van der Waals surface area contributed by atoms with E-state index in [-0.39, 0.29) is 22.5 Å². The number of amides is 1. The van der Waals surface area contributed by atoms with Gasteiger partial charge in [0.15, 0.2) is 17.3 Å². The molecule has 0 spiro atoms. The number of aliphatic hydroxyl groups excluding tert-OH is 1. The Hall–Kier alpha value is -4.14. The molecule has 1 atom stereocenters. The van der Waals surface area contributed by atoms with Gasteiger partial charge in [-0.15, -0.1) is 0 Å². The zero-order valence-corrected chi connectivity index (χ0v) is 17.5. The summed E-state index contributed by atoms with van der Waals surface area (Å²) in [5.41, 5.74) is -0.0688. The predicted octanol–water partition coefficient (Wildman–Crippen LogP) is 3.77. The summed E-state index contributed by atoms with van der Waals surface area (Å²) in [5.74, 6) is -1.94. The summed E-state index contributed by atoms with van der Waals surface area (Å²) in [4.78, 5) is 27.0. The number of methoxy groups -OCH3 is 2. The quantitative estimate of drug-likeness (QED) is 0.368. The van der Waals surface area contributed by atoms with Crippen LogP contribution in [0.3, 0.4) is 0 Å². The van der Waals surface area contributed by atoms with E-state index in [9.17, 15) is 19.1 Å². The lowest BCUT2D eigenvalue weighted by Gasteiger charge is -2.23. The molecule has 0 bridgehead atoms. The number of nitrogens with zero attached hydrogens (tertiary/aromatic N) is 2. The highest BCUT2D eigenvalue weighted by molar-refractivity contribution is 6.51. The zero-order valence-electron chi connectivity index (χ0n) is 17.5. The van der Waals surface area contributed by atoms with Crippen molar-refractivity contribution in [3.8, 4) is 11.5 Å². The number of ether oxygens (including phenoxy) is 2. The molecule has 1 N–H and O–H groups in total. The molecule has 0 saturated carbocycles. The van der Waals surface area contributed by atoms with Crippen LogP contribution in [0.1, 0.15) is 22.9 Å². The molecule has 8 nitrogen and oxygen atoms in total. The Bertz CT molecular complexity index is 1250. The number of halogens is 1. The van der Waals surface area contributed by atoms with E-state index in [4.69, 9.17) is 14.0 Å². The van der Waals surface area contributed by atoms with Gasteiger partial charge in [0.2, 0.25) is 0 Å². The number of rotatable bonds is 5. The fraction of sp³-hybridized carbons (Fsp3) is 0.174. The Kier molecular flexibility index (Phi) is 5.40. The standard InChI is InChI=1S/C23H19FN2O6/c1-12-10-18(25-32-12)26-20(14-6-4-5-7-15(14)24)19(22(28)23(26)29)21(27)13-8-9-16(30-2)17(11-13)31-3/h4-11,20,27H,1-3H3/b21-19+/t20-/m0/s1. The van der Waals surface area contributed by atoms with Crippen LogP contribution in [0.5, 0.6) is 11.5 Å². The molecule has 2 aromatic carbocycles. The van der Waals surface area contributed by atoms with Crippen LogP contribution in [0.25, 0.3) is 5.76 Å². The second-order valence-corrected chi connectivity index (χ2v) is 7.06. The van der Waals surface area contributed by atoms with Crippen LogP contribution in [-0.2, 0) is 9.59 Å². The highest BCUT2D eigenvalue weighted by Gasteiger charge is 2.49.